The van der Waals surface area contributed by atoms with E-state index in [1.807, 2.05) is 60.7 Å². The summed E-state index contributed by atoms with van der Waals surface area (Å²) in [7, 11) is 3.09. The molecule has 0 saturated carbocycles. The van der Waals surface area contributed by atoms with Gasteiger partial charge in [-0.05, 0) is 35.2 Å². The number of benzene rings is 3. The van der Waals surface area contributed by atoms with E-state index in [0.717, 1.165) is 11.1 Å². The van der Waals surface area contributed by atoms with Crippen molar-refractivity contribution in [1.29, 1.82) is 0 Å². The van der Waals surface area contributed by atoms with Gasteiger partial charge in [0.15, 0.2) is 5.92 Å². The van der Waals surface area contributed by atoms with Crippen LogP contribution in [-0.4, -0.2) is 39.4 Å². The SMILES string of the molecule is COc1cc(CC(C(=O)OCCc2ccccc2)C(=O)OCCc2ccccc2)cc(OC)c1. The monoisotopic (exact) mass is 462 g/mol. The largest absolute Gasteiger partial charge is 0.497 e. The van der Waals surface area contributed by atoms with Gasteiger partial charge in [0.25, 0.3) is 0 Å². The van der Waals surface area contributed by atoms with Crippen LogP contribution in [-0.2, 0) is 38.3 Å². The second-order valence-corrected chi connectivity index (χ2v) is 7.78. The third-order valence-corrected chi connectivity index (χ3v) is 5.38. The van der Waals surface area contributed by atoms with Crippen molar-refractivity contribution in [3.63, 3.8) is 0 Å². The van der Waals surface area contributed by atoms with Crippen molar-refractivity contribution in [3.8, 4) is 11.5 Å². The van der Waals surface area contributed by atoms with Crippen molar-refractivity contribution in [2.24, 2.45) is 5.92 Å². The second kappa shape index (κ2) is 13.0. The molecule has 0 spiro atoms. The molecule has 0 atom stereocenters. The summed E-state index contributed by atoms with van der Waals surface area (Å²) in [5.41, 5.74) is 2.81. The zero-order valence-corrected chi connectivity index (χ0v) is 19.6. The first-order chi connectivity index (χ1) is 16.6. The predicted molar refractivity (Wildman–Crippen MR) is 129 cm³/mol. The molecule has 0 unspecified atom stereocenters. The number of carbonyl (C=O) groups excluding carboxylic acids is 2. The molecule has 0 aliphatic carbocycles. The fraction of sp³-hybridized carbons (Fsp3) is 0.286. The lowest BCUT2D eigenvalue weighted by molar-refractivity contribution is -0.162. The van der Waals surface area contributed by atoms with E-state index in [1.165, 1.54) is 0 Å². The van der Waals surface area contributed by atoms with Gasteiger partial charge in [-0.1, -0.05) is 60.7 Å². The highest BCUT2D eigenvalue weighted by Gasteiger charge is 2.30. The molecule has 0 aliphatic rings. The molecule has 6 nitrogen and oxygen atoms in total. The first-order valence-corrected chi connectivity index (χ1v) is 11.2. The van der Waals surface area contributed by atoms with E-state index in [4.69, 9.17) is 18.9 Å². The Bertz CT molecular complexity index is 969. The molecule has 0 bridgehead atoms. The summed E-state index contributed by atoms with van der Waals surface area (Å²) >= 11 is 0. The number of hydrogen-bond acceptors (Lipinski definition) is 6. The standard InChI is InChI=1S/C28H30O6/c1-31-24-17-23(18-25(20-24)32-2)19-26(27(29)33-15-13-21-9-5-3-6-10-21)28(30)34-16-14-22-11-7-4-8-12-22/h3-12,17-18,20,26H,13-16,19H2,1-2H3. The minimum absolute atomic E-state index is 0.113. The topological polar surface area (TPSA) is 71.1 Å². The summed E-state index contributed by atoms with van der Waals surface area (Å²) in [6, 6.07) is 24.7. The molecule has 0 aliphatic heterocycles. The molecule has 3 rings (SSSR count). The van der Waals surface area contributed by atoms with E-state index in [1.54, 1.807) is 32.4 Å². The van der Waals surface area contributed by atoms with Crippen molar-refractivity contribution in [1.82, 2.24) is 0 Å². The molecule has 0 radical (unpaired) electrons. The molecule has 34 heavy (non-hydrogen) atoms. The Balaban J connectivity index is 1.67. The van der Waals surface area contributed by atoms with Gasteiger partial charge >= 0.3 is 11.9 Å². The van der Waals surface area contributed by atoms with E-state index in [0.29, 0.717) is 29.9 Å². The molecule has 0 aromatic heterocycles. The van der Waals surface area contributed by atoms with E-state index >= 15 is 0 Å². The summed E-state index contributed by atoms with van der Waals surface area (Å²) in [5, 5.41) is 0. The van der Waals surface area contributed by atoms with Crippen molar-refractivity contribution in [3.05, 3.63) is 95.6 Å². The van der Waals surface area contributed by atoms with Gasteiger partial charge in [0.1, 0.15) is 11.5 Å². The zero-order chi connectivity index (χ0) is 24.2. The van der Waals surface area contributed by atoms with Gasteiger partial charge in [-0.3, -0.25) is 9.59 Å². The van der Waals surface area contributed by atoms with Gasteiger partial charge in [0, 0.05) is 18.9 Å². The first kappa shape index (κ1) is 24.8. The fourth-order valence-corrected chi connectivity index (χ4v) is 3.51. The van der Waals surface area contributed by atoms with Crippen LogP contribution in [0.1, 0.15) is 16.7 Å². The van der Waals surface area contributed by atoms with Crippen LogP contribution in [0.2, 0.25) is 0 Å². The summed E-state index contributed by atoms with van der Waals surface area (Å²) in [4.78, 5) is 25.9. The lowest BCUT2D eigenvalue weighted by Crippen LogP contribution is -2.31. The predicted octanol–water partition coefficient (Wildman–Crippen LogP) is 4.43. The van der Waals surface area contributed by atoms with Crippen LogP contribution in [0.5, 0.6) is 11.5 Å². The number of rotatable bonds is 12. The second-order valence-electron chi connectivity index (χ2n) is 7.78. The highest BCUT2D eigenvalue weighted by molar-refractivity contribution is 5.95. The number of hydrogen-bond donors (Lipinski definition) is 0. The lowest BCUT2D eigenvalue weighted by atomic mass is 9.99. The Labute approximate surface area is 200 Å². The van der Waals surface area contributed by atoms with Crippen molar-refractivity contribution in [2.75, 3.05) is 27.4 Å². The molecular weight excluding hydrogens is 432 g/mol. The van der Waals surface area contributed by atoms with E-state index < -0.39 is 17.9 Å². The van der Waals surface area contributed by atoms with Gasteiger partial charge in [-0.25, -0.2) is 0 Å². The molecule has 178 valence electrons. The van der Waals surface area contributed by atoms with E-state index in [-0.39, 0.29) is 19.6 Å². The zero-order valence-electron chi connectivity index (χ0n) is 19.6. The smallest absolute Gasteiger partial charge is 0.320 e. The summed E-state index contributed by atoms with van der Waals surface area (Å²) < 4.78 is 21.6. The minimum atomic E-state index is -1.09. The van der Waals surface area contributed by atoms with Gasteiger partial charge in [-0.2, -0.15) is 0 Å². The van der Waals surface area contributed by atoms with Gasteiger partial charge in [-0.15, -0.1) is 0 Å². The summed E-state index contributed by atoms with van der Waals surface area (Å²) in [6.07, 6.45) is 1.24. The van der Waals surface area contributed by atoms with Crippen molar-refractivity contribution < 1.29 is 28.5 Å². The fourth-order valence-electron chi connectivity index (χ4n) is 3.51. The number of carbonyl (C=O) groups is 2. The molecule has 3 aromatic carbocycles. The molecule has 0 heterocycles. The highest BCUT2D eigenvalue weighted by atomic mass is 16.6. The van der Waals surface area contributed by atoms with Crippen molar-refractivity contribution >= 4 is 11.9 Å². The Morgan fingerprint density at radius 2 is 1.09 bits per heavy atom. The van der Waals surface area contributed by atoms with Crippen LogP contribution in [0.25, 0.3) is 0 Å². The maximum absolute atomic E-state index is 12.9. The van der Waals surface area contributed by atoms with Crippen LogP contribution in [0.15, 0.2) is 78.9 Å². The Morgan fingerprint density at radius 1 is 0.647 bits per heavy atom. The molecule has 6 heteroatoms. The Kier molecular flexibility index (Phi) is 9.52. The summed E-state index contributed by atoms with van der Waals surface area (Å²) in [6.45, 7) is 0.357. The molecular formula is C28H30O6. The van der Waals surface area contributed by atoms with E-state index in [9.17, 15) is 9.59 Å². The number of ether oxygens (including phenoxy) is 4. The quantitative estimate of drug-likeness (QED) is 0.293. The summed E-state index contributed by atoms with van der Waals surface area (Å²) in [5.74, 6) is -1.17. The maximum atomic E-state index is 12.9. The van der Waals surface area contributed by atoms with E-state index in [2.05, 4.69) is 0 Å². The average Bonchev–Trinajstić information content (AvgIpc) is 2.88. The van der Waals surface area contributed by atoms with Gasteiger partial charge in [0.05, 0.1) is 27.4 Å². The lowest BCUT2D eigenvalue weighted by Gasteiger charge is -2.17. The Hall–Kier alpha value is -3.80. The maximum Gasteiger partial charge on any atom is 0.320 e. The number of methoxy groups -OCH3 is 2. The third kappa shape index (κ3) is 7.66. The van der Waals surface area contributed by atoms with Crippen molar-refractivity contribution in [2.45, 2.75) is 19.3 Å². The van der Waals surface area contributed by atoms with Crippen LogP contribution >= 0.6 is 0 Å². The molecule has 3 aromatic rings. The van der Waals surface area contributed by atoms with Gasteiger partial charge < -0.3 is 18.9 Å². The van der Waals surface area contributed by atoms with Crippen LogP contribution in [0.3, 0.4) is 0 Å². The van der Waals surface area contributed by atoms with Gasteiger partial charge in [0.2, 0.25) is 0 Å². The first-order valence-electron chi connectivity index (χ1n) is 11.2. The van der Waals surface area contributed by atoms with Crippen LogP contribution < -0.4 is 9.47 Å². The molecule has 0 N–H and O–H groups in total. The highest BCUT2D eigenvalue weighted by Crippen LogP contribution is 2.25. The van der Waals surface area contributed by atoms with Crippen LogP contribution in [0, 0.1) is 5.92 Å². The molecule has 0 fully saturated rings. The average molecular weight is 463 g/mol. The normalized spacial score (nSPS) is 10.6. The Morgan fingerprint density at radius 3 is 1.50 bits per heavy atom. The third-order valence-electron chi connectivity index (χ3n) is 5.38. The molecule has 0 saturated heterocycles. The minimum Gasteiger partial charge on any atom is -0.497 e. The van der Waals surface area contributed by atoms with Crippen LogP contribution in [0.4, 0.5) is 0 Å². The molecule has 0 amide bonds. The number of esters is 2.